The molecule has 0 aromatic heterocycles. The molecule has 0 spiro atoms. The highest BCUT2D eigenvalue weighted by Gasteiger charge is 2.30. The number of benzene rings is 2. The van der Waals surface area contributed by atoms with Crippen molar-refractivity contribution in [2.45, 2.75) is 12.8 Å². The second kappa shape index (κ2) is 4.07. The van der Waals surface area contributed by atoms with Crippen LogP contribution < -0.4 is 4.90 Å². The molecule has 2 aromatic carbocycles. The summed E-state index contributed by atoms with van der Waals surface area (Å²) in [6.45, 7) is 1.14. The minimum Gasteiger partial charge on any atom is -0.360 e. The number of carbonyl (C=O) groups is 1. The van der Waals surface area contributed by atoms with Gasteiger partial charge in [-0.05, 0) is 36.3 Å². The van der Waals surface area contributed by atoms with E-state index in [0.717, 1.165) is 34.5 Å². The minimum absolute atomic E-state index is 0.0580. The molecule has 2 aliphatic rings. The summed E-state index contributed by atoms with van der Waals surface area (Å²) in [5, 5.41) is 2.18. The lowest BCUT2D eigenvalue weighted by Gasteiger charge is -2.17. The zero-order chi connectivity index (χ0) is 12.8. The Morgan fingerprint density at radius 2 is 1.95 bits per heavy atom. The van der Waals surface area contributed by atoms with Crippen LogP contribution in [0.15, 0.2) is 36.4 Å². The zero-order valence-electron chi connectivity index (χ0n) is 10.6. The number of amides is 1. The topological polar surface area (TPSA) is 29.5 Å². The average Bonchev–Trinajstić information content (AvgIpc) is 3.22. The molecule has 1 aliphatic heterocycles. The van der Waals surface area contributed by atoms with E-state index in [9.17, 15) is 4.79 Å². The Bertz CT molecular complexity index is 656. The molecule has 1 amide bonds. The van der Waals surface area contributed by atoms with Crippen molar-refractivity contribution in [3.8, 4) is 0 Å². The summed E-state index contributed by atoms with van der Waals surface area (Å²) in [6, 6.07) is 11.9. The van der Waals surface area contributed by atoms with Crippen LogP contribution in [0.25, 0.3) is 10.8 Å². The predicted molar refractivity (Wildman–Crippen MR) is 74.3 cm³/mol. The molecular weight excluding hydrogens is 238 g/mol. The molecule has 0 bridgehead atoms. The van der Waals surface area contributed by atoms with Crippen LogP contribution >= 0.6 is 0 Å². The fraction of sp³-hybridized carbons (Fsp3) is 0.312. The summed E-state index contributed by atoms with van der Waals surface area (Å²) in [7, 11) is 0. The molecule has 0 saturated heterocycles. The first-order chi connectivity index (χ1) is 9.34. The Morgan fingerprint density at radius 3 is 2.74 bits per heavy atom. The Labute approximate surface area is 111 Å². The van der Waals surface area contributed by atoms with Crippen molar-refractivity contribution < 1.29 is 9.53 Å². The SMILES string of the molecule is O=C1c2cccc3cccc(c23)N1COCC1CC1. The number of anilines is 1. The molecule has 0 atom stereocenters. The fourth-order valence-corrected chi connectivity index (χ4v) is 2.70. The van der Waals surface area contributed by atoms with Gasteiger partial charge in [-0.2, -0.15) is 0 Å². The van der Waals surface area contributed by atoms with E-state index >= 15 is 0 Å². The standard InChI is InChI=1S/C16H15NO2/c18-16-13-5-1-3-12-4-2-6-14(15(12)13)17(16)10-19-9-11-7-8-11/h1-6,11H,7-10H2. The zero-order valence-corrected chi connectivity index (χ0v) is 10.6. The molecule has 1 heterocycles. The Morgan fingerprint density at radius 1 is 1.16 bits per heavy atom. The van der Waals surface area contributed by atoms with E-state index in [4.69, 9.17) is 4.74 Å². The molecule has 2 aromatic rings. The van der Waals surface area contributed by atoms with Crippen LogP contribution in [0, 0.1) is 5.92 Å². The van der Waals surface area contributed by atoms with Crippen molar-refractivity contribution >= 4 is 22.4 Å². The molecule has 19 heavy (non-hydrogen) atoms. The molecule has 3 heteroatoms. The molecule has 96 valence electrons. The first-order valence-electron chi connectivity index (χ1n) is 6.76. The lowest BCUT2D eigenvalue weighted by Crippen LogP contribution is -2.29. The maximum Gasteiger partial charge on any atom is 0.260 e. The van der Waals surface area contributed by atoms with Crippen LogP contribution in [0.4, 0.5) is 5.69 Å². The van der Waals surface area contributed by atoms with E-state index in [-0.39, 0.29) is 5.91 Å². The first-order valence-corrected chi connectivity index (χ1v) is 6.76. The van der Waals surface area contributed by atoms with E-state index in [0.29, 0.717) is 6.73 Å². The van der Waals surface area contributed by atoms with E-state index in [1.54, 1.807) is 4.90 Å². The number of carbonyl (C=O) groups excluding carboxylic acids is 1. The van der Waals surface area contributed by atoms with Crippen LogP contribution in [-0.4, -0.2) is 19.2 Å². The van der Waals surface area contributed by atoms with Gasteiger partial charge in [-0.25, -0.2) is 0 Å². The van der Waals surface area contributed by atoms with Gasteiger partial charge in [0.15, 0.2) is 0 Å². The monoisotopic (exact) mass is 253 g/mol. The highest BCUT2D eigenvalue weighted by atomic mass is 16.5. The van der Waals surface area contributed by atoms with Gasteiger partial charge in [-0.15, -0.1) is 0 Å². The van der Waals surface area contributed by atoms with E-state index in [2.05, 4.69) is 0 Å². The number of hydrogen-bond donors (Lipinski definition) is 0. The van der Waals surface area contributed by atoms with Crippen molar-refractivity contribution in [3.05, 3.63) is 42.0 Å². The van der Waals surface area contributed by atoms with Gasteiger partial charge < -0.3 is 4.74 Å². The fourth-order valence-electron chi connectivity index (χ4n) is 2.70. The van der Waals surface area contributed by atoms with Crippen molar-refractivity contribution in [3.63, 3.8) is 0 Å². The quantitative estimate of drug-likeness (QED) is 0.837. The second-order valence-electron chi connectivity index (χ2n) is 5.36. The summed E-state index contributed by atoms with van der Waals surface area (Å²) in [5.41, 5.74) is 1.78. The Hall–Kier alpha value is -1.87. The smallest absolute Gasteiger partial charge is 0.260 e. The minimum atomic E-state index is 0.0580. The maximum atomic E-state index is 12.4. The molecule has 0 unspecified atom stereocenters. The largest absolute Gasteiger partial charge is 0.360 e. The third-order valence-corrected chi connectivity index (χ3v) is 3.92. The molecule has 4 rings (SSSR count). The normalized spacial score (nSPS) is 17.5. The van der Waals surface area contributed by atoms with Gasteiger partial charge in [-0.3, -0.25) is 9.69 Å². The van der Waals surface area contributed by atoms with Crippen LogP contribution in [0.3, 0.4) is 0 Å². The van der Waals surface area contributed by atoms with E-state index in [1.165, 1.54) is 12.8 Å². The number of ether oxygens (including phenoxy) is 1. The molecule has 3 nitrogen and oxygen atoms in total. The molecule has 0 N–H and O–H groups in total. The lowest BCUT2D eigenvalue weighted by molar-refractivity contribution is 0.0876. The summed E-state index contributed by atoms with van der Waals surface area (Å²) in [6.07, 6.45) is 2.54. The maximum absolute atomic E-state index is 12.4. The molecule has 0 radical (unpaired) electrons. The third kappa shape index (κ3) is 1.73. The summed E-state index contributed by atoms with van der Waals surface area (Å²) in [5.74, 6) is 0.776. The van der Waals surface area contributed by atoms with Gasteiger partial charge in [0.1, 0.15) is 6.73 Å². The van der Waals surface area contributed by atoms with Gasteiger partial charge >= 0.3 is 0 Å². The van der Waals surface area contributed by atoms with Crippen molar-refractivity contribution in [2.24, 2.45) is 5.92 Å². The summed E-state index contributed by atoms with van der Waals surface area (Å²) >= 11 is 0. The van der Waals surface area contributed by atoms with Gasteiger partial charge in [0, 0.05) is 10.9 Å². The van der Waals surface area contributed by atoms with Crippen molar-refractivity contribution in [2.75, 3.05) is 18.2 Å². The Kier molecular flexibility index (Phi) is 2.35. The number of hydrogen-bond acceptors (Lipinski definition) is 2. The molecule has 1 saturated carbocycles. The van der Waals surface area contributed by atoms with Gasteiger partial charge in [0.25, 0.3) is 5.91 Å². The van der Waals surface area contributed by atoms with Crippen LogP contribution in [0.5, 0.6) is 0 Å². The van der Waals surface area contributed by atoms with Crippen LogP contribution in [0.2, 0.25) is 0 Å². The highest BCUT2D eigenvalue weighted by molar-refractivity contribution is 6.24. The van der Waals surface area contributed by atoms with E-state index in [1.807, 2.05) is 36.4 Å². The average molecular weight is 253 g/mol. The molecular formula is C16H15NO2. The summed E-state index contributed by atoms with van der Waals surface area (Å²) < 4.78 is 5.68. The molecule has 1 aliphatic carbocycles. The van der Waals surface area contributed by atoms with Crippen LogP contribution in [0.1, 0.15) is 23.2 Å². The van der Waals surface area contributed by atoms with Gasteiger partial charge in [0.2, 0.25) is 0 Å². The van der Waals surface area contributed by atoms with E-state index < -0.39 is 0 Å². The second-order valence-corrected chi connectivity index (χ2v) is 5.36. The van der Waals surface area contributed by atoms with Crippen molar-refractivity contribution in [1.82, 2.24) is 0 Å². The predicted octanol–water partition coefficient (Wildman–Crippen LogP) is 3.18. The highest BCUT2D eigenvalue weighted by Crippen LogP contribution is 2.37. The number of nitrogens with zero attached hydrogens (tertiary/aromatic N) is 1. The lowest BCUT2D eigenvalue weighted by atomic mass is 10.1. The van der Waals surface area contributed by atoms with Crippen molar-refractivity contribution in [1.29, 1.82) is 0 Å². The van der Waals surface area contributed by atoms with Gasteiger partial charge in [0.05, 0.1) is 12.3 Å². The molecule has 1 fully saturated rings. The summed E-state index contributed by atoms with van der Waals surface area (Å²) in [4.78, 5) is 14.2. The van der Waals surface area contributed by atoms with Gasteiger partial charge in [-0.1, -0.05) is 24.3 Å². The Balaban J connectivity index is 1.67. The first kappa shape index (κ1) is 11.0. The van der Waals surface area contributed by atoms with Crippen LogP contribution in [-0.2, 0) is 4.74 Å². The third-order valence-electron chi connectivity index (χ3n) is 3.92. The number of rotatable bonds is 4.